The molecule has 0 radical (unpaired) electrons. The fourth-order valence-electron chi connectivity index (χ4n) is 2.51. The van der Waals surface area contributed by atoms with E-state index in [0.29, 0.717) is 38.3 Å². The topological polar surface area (TPSA) is 69.7 Å². The van der Waals surface area contributed by atoms with E-state index in [1.165, 1.54) is 10.6 Å². The van der Waals surface area contributed by atoms with Gasteiger partial charge in [-0.25, -0.2) is 8.42 Å². The zero-order chi connectivity index (χ0) is 16.9. The smallest absolute Gasteiger partial charge is 0.251 e. The van der Waals surface area contributed by atoms with Crippen LogP contribution in [0.3, 0.4) is 0 Å². The highest BCUT2D eigenvalue weighted by Crippen LogP contribution is 2.11. The van der Waals surface area contributed by atoms with E-state index in [0.717, 1.165) is 12.1 Å². The maximum absolute atomic E-state index is 11.8. The first-order valence-corrected chi connectivity index (χ1v) is 9.40. The Labute approximate surface area is 137 Å². The molecule has 0 aromatic heterocycles. The summed E-state index contributed by atoms with van der Waals surface area (Å²) >= 11 is 0. The van der Waals surface area contributed by atoms with Gasteiger partial charge in [-0.1, -0.05) is 18.2 Å². The van der Waals surface area contributed by atoms with Gasteiger partial charge in [0.05, 0.1) is 6.26 Å². The molecule has 1 aliphatic rings. The minimum absolute atomic E-state index is 0.113. The van der Waals surface area contributed by atoms with Gasteiger partial charge in [0.15, 0.2) is 0 Å². The summed E-state index contributed by atoms with van der Waals surface area (Å²) in [6.45, 7) is 7.26. The Bertz CT molecular complexity index is 648. The highest BCUT2D eigenvalue weighted by atomic mass is 32.2. The van der Waals surface area contributed by atoms with Crippen LogP contribution >= 0.6 is 0 Å². The third-order valence-electron chi connectivity index (χ3n) is 3.83. The van der Waals surface area contributed by atoms with Crippen molar-refractivity contribution in [2.24, 2.45) is 0 Å². The fourth-order valence-corrected chi connectivity index (χ4v) is 3.33. The van der Waals surface area contributed by atoms with Crippen molar-refractivity contribution in [3.05, 3.63) is 48.0 Å². The number of benzene rings is 1. The Balaban J connectivity index is 1.87. The number of rotatable bonds is 6. The van der Waals surface area contributed by atoms with Crippen LogP contribution in [0.25, 0.3) is 0 Å². The summed E-state index contributed by atoms with van der Waals surface area (Å²) in [5.74, 6) is -0.113. The Hall–Kier alpha value is -1.70. The van der Waals surface area contributed by atoms with Gasteiger partial charge >= 0.3 is 0 Å². The second kappa shape index (κ2) is 7.72. The van der Waals surface area contributed by atoms with Crippen LogP contribution in [0.4, 0.5) is 0 Å². The molecule has 23 heavy (non-hydrogen) atoms. The lowest BCUT2D eigenvalue weighted by Crippen LogP contribution is -2.47. The van der Waals surface area contributed by atoms with Crippen LogP contribution < -0.4 is 5.32 Å². The Kier molecular flexibility index (Phi) is 5.92. The lowest BCUT2D eigenvalue weighted by atomic mass is 10.1. The summed E-state index contributed by atoms with van der Waals surface area (Å²) < 4.78 is 24.5. The van der Waals surface area contributed by atoms with E-state index in [1.807, 2.05) is 12.1 Å². The SMILES string of the molecule is C=CCNC(=O)c1ccc(CN2CCN(S(C)(=O)=O)CC2)cc1. The molecule has 1 aromatic carbocycles. The number of nitrogens with zero attached hydrogens (tertiary/aromatic N) is 2. The van der Waals surface area contributed by atoms with Gasteiger partial charge in [0.2, 0.25) is 10.0 Å². The first-order chi connectivity index (χ1) is 10.9. The fraction of sp³-hybridized carbons (Fsp3) is 0.438. The van der Waals surface area contributed by atoms with E-state index in [9.17, 15) is 13.2 Å². The number of carbonyl (C=O) groups is 1. The van der Waals surface area contributed by atoms with Crippen molar-refractivity contribution in [3.63, 3.8) is 0 Å². The molecule has 7 heteroatoms. The standard InChI is InChI=1S/C16H23N3O3S/c1-3-8-17-16(20)15-6-4-14(5-7-15)13-18-9-11-19(12-10-18)23(2,21)22/h3-7H,1,8-13H2,2H3,(H,17,20). The van der Waals surface area contributed by atoms with Crippen molar-refractivity contribution in [1.29, 1.82) is 0 Å². The average molecular weight is 337 g/mol. The Morgan fingerprint density at radius 1 is 1.22 bits per heavy atom. The van der Waals surface area contributed by atoms with Gasteiger partial charge in [0.25, 0.3) is 5.91 Å². The first-order valence-electron chi connectivity index (χ1n) is 7.55. The molecule has 0 saturated carbocycles. The van der Waals surface area contributed by atoms with Crippen molar-refractivity contribution in [2.45, 2.75) is 6.54 Å². The number of amides is 1. The highest BCUT2D eigenvalue weighted by molar-refractivity contribution is 7.88. The minimum Gasteiger partial charge on any atom is -0.349 e. The lowest BCUT2D eigenvalue weighted by molar-refractivity contribution is 0.0958. The molecule has 2 rings (SSSR count). The summed E-state index contributed by atoms with van der Waals surface area (Å²) in [5.41, 5.74) is 1.73. The van der Waals surface area contributed by atoms with E-state index in [2.05, 4.69) is 16.8 Å². The van der Waals surface area contributed by atoms with E-state index in [1.54, 1.807) is 18.2 Å². The summed E-state index contributed by atoms with van der Waals surface area (Å²) in [6, 6.07) is 7.48. The van der Waals surface area contributed by atoms with E-state index >= 15 is 0 Å². The predicted molar refractivity (Wildman–Crippen MR) is 90.7 cm³/mol. The molecule has 0 unspecified atom stereocenters. The molecule has 0 bridgehead atoms. The third kappa shape index (κ3) is 5.16. The number of piperazine rings is 1. The van der Waals surface area contributed by atoms with Crippen LogP contribution in [0.1, 0.15) is 15.9 Å². The summed E-state index contributed by atoms with van der Waals surface area (Å²) in [4.78, 5) is 14.0. The van der Waals surface area contributed by atoms with Crippen LogP contribution in [0.5, 0.6) is 0 Å². The van der Waals surface area contributed by atoms with Crippen LogP contribution in [-0.4, -0.2) is 62.5 Å². The molecule has 0 aliphatic carbocycles. The highest BCUT2D eigenvalue weighted by Gasteiger charge is 2.23. The third-order valence-corrected chi connectivity index (χ3v) is 5.13. The molecule has 1 saturated heterocycles. The second-order valence-corrected chi connectivity index (χ2v) is 7.62. The monoisotopic (exact) mass is 337 g/mol. The number of sulfonamides is 1. The van der Waals surface area contributed by atoms with Gasteiger partial charge < -0.3 is 5.32 Å². The molecule has 1 aromatic rings. The Morgan fingerprint density at radius 3 is 2.35 bits per heavy atom. The van der Waals surface area contributed by atoms with E-state index in [-0.39, 0.29) is 5.91 Å². The normalized spacial score (nSPS) is 16.9. The molecule has 1 amide bonds. The Morgan fingerprint density at radius 2 is 1.83 bits per heavy atom. The molecule has 126 valence electrons. The summed E-state index contributed by atoms with van der Waals surface area (Å²) in [7, 11) is -3.09. The molecule has 1 heterocycles. The number of hydrogen-bond acceptors (Lipinski definition) is 4. The van der Waals surface area contributed by atoms with E-state index < -0.39 is 10.0 Å². The average Bonchev–Trinajstić information content (AvgIpc) is 2.53. The van der Waals surface area contributed by atoms with Crippen molar-refractivity contribution in [3.8, 4) is 0 Å². The largest absolute Gasteiger partial charge is 0.349 e. The van der Waals surface area contributed by atoms with Crippen molar-refractivity contribution < 1.29 is 13.2 Å². The van der Waals surface area contributed by atoms with E-state index in [4.69, 9.17) is 0 Å². The zero-order valence-electron chi connectivity index (χ0n) is 13.4. The first kappa shape index (κ1) is 17.7. The number of hydrogen-bond donors (Lipinski definition) is 1. The zero-order valence-corrected chi connectivity index (χ0v) is 14.2. The van der Waals surface area contributed by atoms with Crippen LogP contribution in [0.15, 0.2) is 36.9 Å². The van der Waals surface area contributed by atoms with Crippen molar-refractivity contribution >= 4 is 15.9 Å². The molecule has 1 N–H and O–H groups in total. The quantitative estimate of drug-likeness (QED) is 0.775. The predicted octanol–water partition coefficient (Wildman–Crippen LogP) is 0.680. The lowest BCUT2D eigenvalue weighted by Gasteiger charge is -2.33. The molecule has 1 aliphatic heterocycles. The number of carbonyl (C=O) groups excluding carboxylic acids is 1. The van der Waals surface area contributed by atoms with Crippen LogP contribution in [0.2, 0.25) is 0 Å². The molecular weight excluding hydrogens is 314 g/mol. The van der Waals surface area contributed by atoms with Crippen molar-refractivity contribution in [1.82, 2.24) is 14.5 Å². The van der Waals surface area contributed by atoms with Gasteiger partial charge in [-0.05, 0) is 17.7 Å². The number of nitrogens with one attached hydrogen (secondary N) is 1. The summed E-state index contributed by atoms with van der Waals surface area (Å²) in [6.07, 6.45) is 2.89. The molecule has 6 nitrogen and oxygen atoms in total. The maximum atomic E-state index is 11.8. The molecule has 0 atom stereocenters. The van der Waals surface area contributed by atoms with Gasteiger partial charge in [-0.2, -0.15) is 4.31 Å². The van der Waals surface area contributed by atoms with Gasteiger partial charge in [-0.15, -0.1) is 6.58 Å². The van der Waals surface area contributed by atoms with Crippen LogP contribution in [-0.2, 0) is 16.6 Å². The molecule has 1 fully saturated rings. The van der Waals surface area contributed by atoms with Crippen LogP contribution in [0, 0.1) is 0 Å². The second-order valence-electron chi connectivity index (χ2n) is 5.63. The summed E-state index contributed by atoms with van der Waals surface area (Å²) in [5, 5.41) is 2.74. The minimum atomic E-state index is -3.09. The van der Waals surface area contributed by atoms with Gasteiger partial charge in [0, 0.05) is 44.8 Å². The molecule has 0 spiro atoms. The van der Waals surface area contributed by atoms with Gasteiger partial charge in [-0.3, -0.25) is 9.69 Å². The molecular formula is C16H23N3O3S. The van der Waals surface area contributed by atoms with Gasteiger partial charge in [0.1, 0.15) is 0 Å². The maximum Gasteiger partial charge on any atom is 0.251 e. The van der Waals surface area contributed by atoms with Crippen molar-refractivity contribution in [2.75, 3.05) is 39.0 Å².